The average Bonchev–Trinajstić information content (AvgIpc) is 3.07. The molecule has 0 radical (unpaired) electrons. The molecule has 0 aromatic heterocycles. The van der Waals surface area contributed by atoms with Crippen LogP contribution < -0.4 is 4.90 Å². The lowest BCUT2D eigenvalue weighted by Crippen LogP contribution is -2.38. The van der Waals surface area contributed by atoms with Crippen LogP contribution in [0.15, 0.2) is 66.3 Å². The number of anilines is 1. The summed E-state index contributed by atoms with van der Waals surface area (Å²) in [6, 6.07) is 14.2. The maximum Gasteiger partial charge on any atom is 0.422 e. The first-order valence-electron chi connectivity index (χ1n) is 10.8. The fourth-order valence-corrected chi connectivity index (χ4v) is 4.16. The summed E-state index contributed by atoms with van der Waals surface area (Å²) < 4.78 is 10.4. The predicted molar refractivity (Wildman–Crippen MR) is 133 cm³/mol. The maximum atomic E-state index is 13.5. The molecule has 2 amide bonds. The molecule has 0 saturated carbocycles. The summed E-state index contributed by atoms with van der Waals surface area (Å²) in [5, 5.41) is 0.517. The zero-order chi connectivity index (χ0) is 25.2. The van der Waals surface area contributed by atoms with Crippen molar-refractivity contribution in [2.75, 3.05) is 12.0 Å². The number of ether oxygens (including phenoxy) is 2. The highest BCUT2D eigenvalue weighted by molar-refractivity contribution is 6.39. The number of nitrogens with zero attached hydrogens (tertiary/aromatic N) is 1. The molecule has 0 spiro atoms. The molecule has 2 aromatic rings. The standard InChI is InChI=1S/C27H28ClNO5/c1-16(14-21(17(2)25(31)33-6)18-10-9-11-19(28)15-18)23-20-12-7-8-13-22(20)29(24(23)30)26(32)34-27(3,4)5/h7-13,15,21H,2,14H2,1,3-6H3/b23-16+. The van der Waals surface area contributed by atoms with E-state index in [0.29, 0.717) is 33.8 Å². The number of imide groups is 1. The van der Waals surface area contributed by atoms with Crippen LogP contribution in [0.5, 0.6) is 0 Å². The Balaban J connectivity index is 2.07. The number of carbonyl (C=O) groups is 3. The van der Waals surface area contributed by atoms with E-state index < -0.39 is 29.5 Å². The second kappa shape index (κ2) is 9.85. The summed E-state index contributed by atoms with van der Waals surface area (Å²) in [5.41, 5.74) is 2.43. The van der Waals surface area contributed by atoms with E-state index in [1.54, 1.807) is 63.2 Å². The summed E-state index contributed by atoms with van der Waals surface area (Å²) in [7, 11) is 1.29. The Morgan fingerprint density at radius 1 is 1.12 bits per heavy atom. The van der Waals surface area contributed by atoms with Gasteiger partial charge in [0.15, 0.2) is 0 Å². The van der Waals surface area contributed by atoms with Gasteiger partial charge in [-0.15, -0.1) is 0 Å². The van der Waals surface area contributed by atoms with Crippen LogP contribution in [-0.4, -0.2) is 30.7 Å². The fourth-order valence-electron chi connectivity index (χ4n) is 3.96. The number of hydrogen-bond donors (Lipinski definition) is 0. The van der Waals surface area contributed by atoms with Crippen molar-refractivity contribution in [1.82, 2.24) is 0 Å². The minimum atomic E-state index is -0.760. The van der Waals surface area contributed by atoms with Gasteiger partial charge in [-0.25, -0.2) is 14.5 Å². The zero-order valence-corrected chi connectivity index (χ0v) is 20.7. The highest BCUT2D eigenvalue weighted by atomic mass is 35.5. The number of amides is 2. The van der Waals surface area contributed by atoms with E-state index in [1.165, 1.54) is 7.11 Å². The molecular formula is C27H28ClNO5. The number of allylic oxidation sites excluding steroid dienone is 1. The third kappa shape index (κ3) is 5.23. The first-order chi connectivity index (χ1) is 15.9. The smallest absolute Gasteiger partial charge is 0.422 e. The summed E-state index contributed by atoms with van der Waals surface area (Å²) in [6.45, 7) is 11.0. The van der Waals surface area contributed by atoms with E-state index in [2.05, 4.69) is 6.58 Å². The van der Waals surface area contributed by atoms with Gasteiger partial charge in [0, 0.05) is 27.7 Å². The van der Waals surface area contributed by atoms with Crippen molar-refractivity contribution in [3.8, 4) is 0 Å². The molecular weight excluding hydrogens is 454 g/mol. The topological polar surface area (TPSA) is 72.9 Å². The normalized spacial score (nSPS) is 15.5. The summed E-state index contributed by atoms with van der Waals surface area (Å²) in [6.07, 6.45) is -0.440. The molecule has 1 aliphatic rings. The third-order valence-corrected chi connectivity index (χ3v) is 5.70. The number of esters is 1. The molecule has 3 rings (SSSR count). The molecule has 2 aromatic carbocycles. The van der Waals surface area contributed by atoms with Gasteiger partial charge >= 0.3 is 12.1 Å². The van der Waals surface area contributed by atoms with E-state index in [1.807, 2.05) is 13.0 Å². The van der Waals surface area contributed by atoms with Gasteiger partial charge in [0.2, 0.25) is 0 Å². The van der Waals surface area contributed by atoms with Gasteiger partial charge in [-0.05, 0) is 57.9 Å². The number of halogens is 1. The zero-order valence-electron chi connectivity index (χ0n) is 20.0. The second-order valence-electron chi connectivity index (χ2n) is 9.12. The van der Waals surface area contributed by atoms with E-state index >= 15 is 0 Å². The molecule has 1 unspecified atom stereocenters. The minimum absolute atomic E-state index is 0.243. The number of para-hydroxylation sites is 1. The quantitative estimate of drug-likeness (QED) is 0.370. The molecule has 0 bridgehead atoms. The molecule has 6 nitrogen and oxygen atoms in total. The summed E-state index contributed by atoms with van der Waals surface area (Å²) >= 11 is 6.20. The van der Waals surface area contributed by atoms with Crippen LogP contribution in [0.3, 0.4) is 0 Å². The number of rotatable bonds is 5. The number of methoxy groups -OCH3 is 1. The van der Waals surface area contributed by atoms with Crippen molar-refractivity contribution >= 4 is 40.8 Å². The molecule has 178 valence electrons. The first kappa shape index (κ1) is 25.2. The van der Waals surface area contributed by atoms with Crippen LogP contribution in [-0.2, 0) is 19.1 Å². The molecule has 0 aliphatic carbocycles. The van der Waals surface area contributed by atoms with Crippen LogP contribution in [0.25, 0.3) is 5.57 Å². The van der Waals surface area contributed by atoms with E-state index in [9.17, 15) is 14.4 Å². The lowest BCUT2D eigenvalue weighted by Gasteiger charge is -2.23. The number of fused-ring (bicyclic) bond motifs is 1. The van der Waals surface area contributed by atoms with E-state index in [4.69, 9.17) is 21.1 Å². The van der Waals surface area contributed by atoms with Crippen molar-refractivity contribution in [3.05, 3.63) is 82.4 Å². The average molecular weight is 482 g/mol. The number of carbonyl (C=O) groups excluding carboxylic acids is 3. The molecule has 1 atom stereocenters. The lowest BCUT2D eigenvalue weighted by molar-refractivity contribution is -0.136. The van der Waals surface area contributed by atoms with Gasteiger partial charge in [-0.2, -0.15) is 0 Å². The van der Waals surface area contributed by atoms with Gasteiger partial charge in [0.05, 0.1) is 12.8 Å². The SMILES string of the molecule is C=C(C(=O)OC)C(C/C(C)=C1/C(=O)N(C(=O)OC(C)(C)C)c2ccccc21)c1cccc(Cl)c1. The summed E-state index contributed by atoms with van der Waals surface area (Å²) in [4.78, 5) is 39.8. The van der Waals surface area contributed by atoms with Crippen molar-refractivity contribution in [2.24, 2.45) is 0 Å². The number of benzene rings is 2. The third-order valence-electron chi connectivity index (χ3n) is 5.46. The van der Waals surface area contributed by atoms with Gasteiger partial charge in [-0.1, -0.05) is 54.1 Å². The Kier molecular flexibility index (Phi) is 7.32. The largest absolute Gasteiger partial charge is 0.466 e. The van der Waals surface area contributed by atoms with Crippen molar-refractivity contribution < 1.29 is 23.9 Å². The predicted octanol–water partition coefficient (Wildman–Crippen LogP) is 6.30. The Morgan fingerprint density at radius 3 is 2.41 bits per heavy atom. The Hall–Kier alpha value is -3.38. The monoisotopic (exact) mass is 481 g/mol. The molecule has 0 saturated heterocycles. The molecule has 1 heterocycles. The van der Waals surface area contributed by atoms with Crippen molar-refractivity contribution in [2.45, 2.75) is 45.6 Å². The fraction of sp³-hybridized carbons (Fsp3) is 0.296. The lowest BCUT2D eigenvalue weighted by atomic mass is 9.84. The Morgan fingerprint density at radius 2 is 1.79 bits per heavy atom. The Labute approximate surface area is 204 Å². The van der Waals surface area contributed by atoms with Gasteiger partial charge in [0.25, 0.3) is 5.91 Å². The van der Waals surface area contributed by atoms with Crippen LogP contribution in [0.1, 0.15) is 51.2 Å². The molecule has 7 heteroatoms. The highest BCUT2D eigenvalue weighted by Crippen LogP contribution is 2.42. The molecule has 34 heavy (non-hydrogen) atoms. The van der Waals surface area contributed by atoms with E-state index in [-0.39, 0.29) is 5.57 Å². The van der Waals surface area contributed by atoms with Crippen molar-refractivity contribution in [1.29, 1.82) is 0 Å². The van der Waals surface area contributed by atoms with Crippen LogP contribution in [0, 0.1) is 0 Å². The minimum Gasteiger partial charge on any atom is -0.466 e. The van der Waals surface area contributed by atoms with Crippen LogP contribution in [0.2, 0.25) is 5.02 Å². The van der Waals surface area contributed by atoms with Gasteiger partial charge < -0.3 is 9.47 Å². The second-order valence-corrected chi connectivity index (χ2v) is 9.56. The number of hydrogen-bond acceptors (Lipinski definition) is 5. The highest BCUT2D eigenvalue weighted by Gasteiger charge is 2.40. The molecule has 1 aliphatic heterocycles. The first-order valence-corrected chi connectivity index (χ1v) is 11.2. The molecule has 0 N–H and O–H groups in total. The van der Waals surface area contributed by atoms with Crippen LogP contribution in [0.4, 0.5) is 10.5 Å². The van der Waals surface area contributed by atoms with E-state index in [0.717, 1.165) is 10.5 Å². The van der Waals surface area contributed by atoms with Crippen LogP contribution >= 0.6 is 11.6 Å². The van der Waals surface area contributed by atoms with Gasteiger partial charge in [0.1, 0.15) is 5.60 Å². The Bertz CT molecular complexity index is 1190. The van der Waals surface area contributed by atoms with Crippen molar-refractivity contribution in [3.63, 3.8) is 0 Å². The van der Waals surface area contributed by atoms with Gasteiger partial charge in [-0.3, -0.25) is 4.79 Å². The summed E-state index contributed by atoms with van der Waals surface area (Å²) in [5.74, 6) is -1.49. The maximum absolute atomic E-state index is 13.5. The molecule has 0 fully saturated rings.